The highest BCUT2D eigenvalue weighted by Crippen LogP contribution is 2.12. The van der Waals surface area contributed by atoms with Crippen molar-refractivity contribution in [1.29, 1.82) is 0 Å². The Kier molecular flexibility index (Phi) is 6.44. The second kappa shape index (κ2) is 8.56. The fourth-order valence-electron chi connectivity index (χ4n) is 1.71. The molecule has 0 aliphatic rings. The highest BCUT2D eigenvalue weighted by Gasteiger charge is 2.12. The van der Waals surface area contributed by atoms with Crippen LogP contribution in [0.15, 0.2) is 48.5 Å². The number of halogens is 2. The molecule has 0 unspecified atom stereocenters. The average Bonchev–Trinajstić information content (AvgIpc) is 2.54. The molecule has 23 heavy (non-hydrogen) atoms. The van der Waals surface area contributed by atoms with Crippen molar-refractivity contribution < 1.29 is 19.1 Å². The molecule has 4 nitrogen and oxygen atoms in total. The molecule has 0 radical (unpaired) electrons. The molecule has 0 heterocycles. The second-order valence-corrected chi connectivity index (χ2v) is 5.62. The SMILES string of the molecule is O=C(CC(=O)OCc1ccc(Cl)cc1)OCc1ccc(Cl)cc1. The summed E-state index contributed by atoms with van der Waals surface area (Å²) in [6.45, 7) is 0.168. The molecule has 120 valence electrons. The molecule has 0 atom stereocenters. The molecule has 6 heteroatoms. The van der Waals surface area contributed by atoms with Crippen LogP contribution in [0.25, 0.3) is 0 Å². The van der Waals surface area contributed by atoms with E-state index < -0.39 is 18.4 Å². The van der Waals surface area contributed by atoms with Crippen molar-refractivity contribution in [2.24, 2.45) is 0 Å². The maximum atomic E-state index is 11.6. The predicted octanol–water partition coefficient (Wildman–Crippen LogP) is 4.17. The summed E-state index contributed by atoms with van der Waals surface area (Å²) in [6, 6.07) is 13.8. The molecular formula is C17H14Cl2O4. The Balaban J connectivity index is 1.70. The number of carbonyl (C=O) groups excluding carboxylic acids is 2. The van der Waals surface area contributed by atoms with Gasteiger partial charge in [0, 0.05) is 10.0 Å². The normalized spacial score (nSPS) is 10.2. The number of hydrogen-bond acceptors (Lipinski definition) is 4. The molecule has 0 saturated carbocycles. The fourth-order valence-corrected chi connectivity index (χ4v) is 1.96. The number of hydrogen-bond donors (Lipinski definition) is 0. The summed E-state index contributed by atoms with van der Waals surface area (Å²) in [5.74, 6) is -1.28. The standard InChI is InChI=1S/C17H14Cl2O4/c18-14-5-1-12(2-6-14)10-22-16(20)9-17(21)23-11-13-3-7-15(19)8-4-13/h1-8H,9-11H2. The van der Waals surface area contributed by atoms with E-state index in [0.29, 0.717) is 10.0 Å². The first-order valence-electron chi connectivity index (χ1n) is 6.83. The van der Waals surface area contributed by atoms with Crippen LogP contribution < -0.4 is 0 Å². The van der Waals surface area contributed by atoms with Crippen LogP contribution in [0.2, 0.25) is 10.0 Å². The lowest BCUT2D eigenvalue weighted by molar-refractivity contribution is -0.156. The smallest absolute Gasteiger partial charge is 0.317 e. The van der Waals surface area contributed by atoms with E-state index in [0.717, 1.165) is 11.1 Å². The Bertz CT molecular complexity index is 606. The minimum Gasteiger partial charge on any atom is -0.460 e. The van der Waals surface area contributed by atoms with Gasteiger partial charge < -0.3 is 9.47 Å². The molecule has 0 aromatic heterocycles. The van der Waals surface area contributed by atoms with E-state index in [4.69, 9.17) is 32.7 Å². The Morgan fingerprint density at radius 1 is 0.696 bits per heavy atom. The van der Waals surface area contributed by atoms with Gasteiger partial charge in [0.15, 0.2) is 0 Å². The van der Waals surface area contributed by atoms with Gasteiger partial charge in [0.25, 0.3) is 0 Å². The van der Waals surface area contributed by atoms with Crippen molar-refractivity contribution in [2.75, 3.05) is 0 Å². The van der Waals surface area contributed by atoms with Crippen LogP contribution in [-0.4, -0.2) is 11.9 Å². The van der Waals surface area contributed by atoms with Gasteiger partial charge in [-0.15, -0.1) is 0 Å². The third-order valence-electron chi connectivity index (χ3n) is 2.91. The minimum atomic E-state index is -0.638. The van der Waals surface area contributed by atoms with Gasteiger partial charge in [0.2, 0.25) is 0 Å². The van der Waals surface area contributed by atoms with E-state index in [1.807, 2.05) is 0 Å². The van der Waals surface area contributed by atoms with Gasteiger partial charge in [-0.2, -0.15) is 0 Å². The molecule has 2 rings (SSSR count). The summed E-state index contributed by atoms with van der Waals surface area (Å²) >= 11 is 11.5. The van der Waals surface area contributed by atoms with Crippen LogP contribution in [0.3, 0.4) is 0 Å². The van der Waals surface area contributed by atoms with Crippen LogP contribution >= 0.6 is 23.2 Å². The average molecular weight is 353 g/mol. The highest BCUT2D eigenvalue weighted by molar-refractivity contribution is 6.30. The third-order valence-corrected chi connectivity index (χ3v) is 3.42. The zero-order valence-electron chi connectivity index (χ0n) is 12.1. The van der Waals surface area contributed by atoms with E-state index in [9.17, 15) is 9.59 Å². The number of benzene rings is 2. The third kappa shape index (κ3) is 6.30. The largest absolute Gasteiger partial charge is 0.460 e. The molecule has 2 aromatic rings. The molecule has 0 saturated heterocycles. The molecule has 0 bridgehead atoms. The predicted molar refractivity (Wildman–Crippen MR) is 87.1 cm³/mol. The fraction of sp³-hybridized carbons (Fsp3) is 0.176. The van der Waals surface area contributed by atoms with Crippen LogP contribution in [0.1, 0.15) is 17.5 Å². The zero-order valence-corrected chi connectivity index (χ0v) is 13.6. The van der Waals surface area contributed by atoms with Gasteiger partial charge in [-0.25, -0.2) is 0 Å². The van der Waals surface area contributed by atoms with Crippen LogP contribution in [0.4, 0.5) is 0 Å². The molecule has 0 amide bonds. The van der Waals surface area contributed by atoms with Crippen molar-refractivity contribution in [3.8, 4) is 0 Å². The highest BCUT2D eigenvalue weighted by atomic mass is 35.5. The Morgan fingerprint density at radius 2 is 1.04 bits per heavy atom. The monoisotopic (exact) mass is 352 g/mol. The summed E-state index contributed by atoms with van der Waals surface area (Å²) in [5, 5.41) is 1.21. The minimum absolute atomic E-state index is 0.0838. The maximum Gasteiger partial charge on any atom is 0.317 e. The van der Waals surface area contributed by atoms with Gasteiger partial charge in [-0.05, 0) is 35.4 Å². The summed E-state index contributed by atoms with van der Waals surface area (Å²) in [7, 11) is 0. The Morgan fingerprint density at radius 3 is 1.39 bits per heavy atom. The van der Waals surface area contributed by atoms with Crippen LogP contribution in [-0.2, 0) is 32.3 Å². The van der Waals surface area contributed by atoms with E-state index in [1.165, 1.54) is 0 Å². The van der Waals surface area contributed by atoms with Crippen LogP contribution in [0.5, 0.6) is 0 Å². The summed E-state index contributed by atoms with van der Waals surface area (Å²) in [5.41, 5.74) is 1.58. The number of carbonyl (C=O) groups is 2. The van der Waals surface area contributed by atoms with Crippen molar-refractivity contribution in [3.05, 3.63) is 69.7 Å². The van der Waals surface area contributed by atoms with Crippen molar-refractivity contribution in [3.63, 3.8) is 0 Å². The number of esters is 2. The van der Waals surface area contributed by atoms with E-state index in [2.05, 4.69) is 0 Å². The number of ether oxygens (including phenoxy) is 2. The summed E-state index contributed by atoms with van der Waals surface area (Å²) in [6.07, 6.45) is -0.429. The molecule has 0 aliphatic heterocycles. The first kappa shape index (κ1) is 17.3. The van der Waals surface area contributed by atoms with Gasteiger partial charge >= 0.3 is 11.9 Å². The van der Waals surface area contributed by atoms with Crippen molar-refractivity contribution in [2.45, 2.75) is 19.6 Å². The van der Waals surface area contributed by atoms with E-state index >= 15 is 0 Å². The maximum absolute atomic E-state index is 11.6. The quantitative estimate of drug-likeness (QED) is 0.578. The summed E-state index contributed by atoms with van der Waals surface area (Å²) < 4.78 is 10.0. The lowest BCUT2D eigenvalue weighted by atomic mass is 10.2. The first-order chi connectivity index (χ1) is 11.0. The molecule has 0 N–H and O–H groups in total. The lowest BCUT2D eigenvalue weighted by Crippen LogP contribution is -2.13. The molecule has 0 spiro atoms. The second-order valence-electron chi connectivity index (χ2n) is 4.75. The lowest BCUT2D eigenvalue weighted by Gasteiger charge is -2.06. The molecule has 2 aromatic carbocycles. The van der Waals surface area contributed by atoms with Crippen LogP contribution in [0, 0.1) is 0 Å². The zero-order chi connectivity index (χ0) is 16.7. The molecular weight excluding hydrogens is 339 g/mol. The topological polar surface area (TPSA) is 52.6 Å². The van der Waals surface area contributed by atoms with Gasteiger partial charge in [-0.1, -0.05) is 47.5 Å². The van der Waals surface area contributed by atoms with E-state index in [1.54, 1.807) is 48.5 Å². The molecule has 0 fully saturated rings. The van der Waals surface area contributed by atoms with Gasteiger partial charge in [0.05, 0.1) is 0 Å². The first-order valence-corrected chi connectivity index (χ1v) is 7.58. The van der Waals surface area contributed by atoms with Gasteiger partial charge in [-0.3, -0.25) is 9.59 Å². The Hall–Kier alpha value is -2.04. The van der Waals surface area contributed by atoms with E-state index in [-0.39, 0.29) is 13.2 Å². The Labute approximate surface area is 143 Å². The summed E-state index contributed by atoms with van der Waals surface area (Å²) in [4.78, 5) is 23.2. The van der Waals surface area contributed by atoms with Crippen molar-refractivity contribution >= 4 is 35.1 Å². The molecule has 0 aliphatic carbocycles. The van der Waals surface area contributed by atoms with Crippen molar-refractivity contribution in [1.82, 2.24) is 0 Å². The number of rotatable bonds is 6. The van der Waals surface area contributed by atoms with Gasteiger partial charge in [0.1, 0.15) is 19.6 Å².